The minimum absolute atomic E-state index is 0.0647. The number of aliphatic hydroxyl groups is 1. The summed E-state index contributed by atoms with van der Waals surface area (Å²) < 4.78 is 11.5. The summed E-state index contributed by atoms with van der Waals surface area (Å²) >= 11 is 0. The SMILES string of the molecule is C[C@H](N)C(=O)N[C@H](C(=O)N1CCCC1/C=C/[C@](C)(CO)Cc1cccc(-c2ncco2)c1)[C@@H](C)OCc1ccccc1. The van der Waals surface area contributed by atoms with Crippen LogP contribution < -0.4 is 11.1 Å². The fourth-order valence-electron chi connectivity index (χ4n) is 5.17. The van der Waals surface area contributed by atoms with Crippen LogP contribution in [0.2, 0.25) is 0 Å². The van der Waals surface area contributed by atoms with Gasteiger partial charge >= 0.3 is 0 Å². The Balaban J connectivity index is 1.47. The topological polar surface area (TPSA) is 131 Å². The Labute approximate surface area is 247 Å². The van der Waals surface area contributed by atoms with Gasteiger partial charge in [-0.1, -0.05) is 61.5 Å². The second kappa shape index (κ2) is 14.4. The van der Waals surface area contributed by atoms with Crippen LogP contribution in [0, 0.1) is 5.41 Å². The Kier molecular flexibility index (Phi) is 10.7. The molecule has 2 aromatic carbocycles. The lowest BCUT2D eigenvalue weighted by molar-refractivity contribution is -0.141. The lowest BCUT2D eigenvalue weighted by Gasteiger charge is -2.32. The van der Waals surface area contributed by atoms with E-state index in [1.165, 1.54) is 0 Å². The fourth-order valence-corrected chi connectivity index (χ4v) is 5.17. The van der Waals surface area contributed by atoms with Crippen LogP contribution in [-0.2, 0) is 27.4 Å². The van der Waals surface area contributed by atoms with Gasteiger partial charge in [-0.15, -0.1) is 0 Å². The van der Waals surface area contributed by atoms with Gasteiger partial charge in [0.05, 0.1) is 37.6 Å². The maximum Gasteiger partial charge on any atom is 0.248 e. The highest BCUT2D eigenvalue weighted by Gasteiger charge is 2.37. The number of likely N-dealkylation sites (tertiary alicyclic amines) is 1. The molecule has 0 aliphatic carbocycles. The lowest BCUT2D eigenvalue weighted by Crippen LogP contribution is -2.57. The summed E-state index contributed by atoms with van der Waals surface area (Å²) in [5.41, 5.74) is 8.15. The molecule has 0 saturated carbocycles. The number of hydrogen-bond donors (Lipinski definition) is 3. The Hall–Kier alpha value is -3.79. The van der Waals surface area contributed by atoms with Gasteiger partial charge in [0.25, 0.3) is 0 Å². The first kappa shape index (κ1) is 31.2. The van der Waals surface area contributed by atoms with Gasteiger partial charge in [0.2, 0.25) is 17.7 Å². The number of ether oxygens (including phenoxy) is 1. The number of nitrogens with zero attached hydrogens (tertiary/aromatic N) is 2. The highest BCUT2D eigenvalue weighted by atomic mass is 16.5. The standard InChI is InChI=1S/C33H42N4O5/c1-23(34)30(39)36-29(24(2)42-21-25-9-5-4-6-10-25)32(40)37-17-8-13-28(37)14-15-33(3,22-38)20-26-11-7-12-27(19-26)31-35-16-18-41-31/h4-7,9-12,14-16,18-19,23-24,28-29,38H,8,13,17,20-22,34H2,1-3H3,(H,36,39)/b15-14+/t23-,24+,28?,29-,33-/m0/s1. The molecule has 3 aromatic rings. The van der Waals surface area contributed by atoms with Gasteiger partial charge in [-0.2, -0.15) is 0 Å². The molecule has 9 heteroatoms. The molecule has 0 radical (unpaired) electrons. The van der Waals surface area contributed by atoms with Gasteiger partial charge in [-0.25, -0.2) is 4.98 Å². The largest absolute Gasteiger partial charge is 0.445 e. The Bertz CT molecular complexity index is 1330. The van der Waals surface area contributed by atoms with Crippen molar-refractivity contribution in [2.24, 2.45) is 11.1 Å². The molecule has 0 spiro atoms. The third-order valence-electron chi connectivity index (χ3n) is 7.68. The number of aromatic nitrogens is 1. The number of aliphatic hydroxyl groups excluding tert-OH is 1. The minimum Gasteiger partial charge on any atom is -0.445 e. The maximum atomic E-state index is 13.9. The predicted molar refractivity (Wildman–Crippen MR) is 161 cm³/mol. The number of hydrogen-bond acceptors (Lipinski definition) is 7. The van der Waals surface area contributed by atoms with Crippen molar-refractivity contribution in [3.8, 4) is 11.5 Å². The molecule has 0 bridgehead atoms. The van der Waals surface area contributed by atoms with Crippen molar-refractivity contribution >= 4 is 11.8 Å². The third-order valence-corrected chi connectivity index (χ3v) is 7.68. The van der Waals surface area contributed by atoms with Crippen molar-refractivity contribution in [2.75, 3.05) is 13.2 Å². The predicted octanol–water partition coefficient (Wildman–Crippen LogP) is 3.87. The third kappa shape index (κ3) is 8.15. The van der Waals surface area contributed by atoms with Crippen molar-refractivity contribution in [3.05, 3.63) is 90.3 Å². The zero-order valence-corrected chi connectivity index (χ0v) is 24.6. The minimum atomic E-state index is -0.886. The van der Waals surface area contributed by atoms with Crippen LogP contribution in [0.25, 0.3) is 11.5 Å². The summed E-state index contributed by atoms with van der Waals surface area (Å²) in [6.45, 7) is 6.19. The summed E-state index contributed by atoms with van der Waals surface area (Å²) in [5, 5.41) is 13.2. The van der Waals surface area contributed by atoms with Crippen LogP contribution in [0.1, 0.15) is 44.7 Å². The summed E-state index contributed by atoms with van der Waals surface area (Å²) in [4.78, 5) is 32.5. The van der Waals surface area contributed by atoms with Crippen molar-refractivity contribution in [1.82, 2.24) is 15.2 Å². The van der Waals surface area contributed by atoms with Crippen LogP contribution in [0.5, 0.6) is 0 Å². The van der Waals surface area contributed by atoms with Gasteiger partial charge in [0, 0.05) is 17.5 Å². The monoisotopic (exact) mass is 574 g/mol. The molecule has 2 heterocycles. The highest BCUT2D eigenvalue weighted by molar-refractivity contribution is 5.90. The molecule has 2 amide bonds. The van der Waals surface area contributed by atoms with Crippen LogP contribution >= 0.6 is 0 Å². The van der Waals surface area contributed by atoms with E-state index in [0.717, 1.165) is 29.5 Å². The lowest BCUT2D eigenvalue weighted by atomic mass is 9.83. The van der Waals surface area contributed by atoms with E-state index in [1.807, 2.05) is 73.7 Å². The number of nitrogens with one attached hydrogen (secondary N) is 1. The van der Waals surface area contributed by atoms with Gasteiger partial charge in [-0.3, -0.25) is 9.59 Å². The quantitative estimate of drug-likeness (QED) is 0.264. The van der Waals surface area contributed by atoms with Crippen LogP contribution in [0.15, 0.2) is 83.6 Å². The van der Waals surface area contributed by atoms with Gasteiger partial charge in [0.15, 0.2) is 0 Å². The zero-order valence-electron chi connectivity index (χ0n) is 24.6. The molecule has 224 valence electrons. The molecule has 42 heavy (non-hydrogen) atoms. The number of oxazole rings is 1. The molecule has 1 saturated heterocycles. The highest BCUT2D eigenvalue weighted by Crippen LogP contribution is 2.29. The van der Waals surface area contributed by atoms with Crippen LogP contribution in [0.3, 0.4) is 0 Å². The first-order chi connectivity index (χ1) is 20.2. The number of nitrogens with two attached hydrogens (primary N) is 1. The Morgan fingerprint density at radius 3 is 2.67 bits per heavy atom. The van der Waals surface area contributed by atoms with E-state index in [4.69, 9.17) is 14.9 Å². The Morgan fingerprint density at radius 2 is 1.98 bits per heavy atom. The average Bonchev–Trinajstić information content (AvgIpc) is 3.71. The zero-order chi connectivity index (χ0) is 30.1. The van der Waals surface area contributed by atoms with E-state index in [9.17, 15) is 14.7 Å². The molecule has 4 rings (SSSR count). The normalized spacial score (nSPS) is 18.9. The van der Waals surface area contributed by atoms with E-state index in [1.54, 1.807) is 31.2 Å². The van der Waals surface area contributed by atoms with E-state index in [-0.39, 0.29) is 18.6 Å². The molecule has 9 nitrogen and oxygen atoms in total. The van der Waals surface area contributed by atoms with E-state index >= 15 is 0 Å². The number of amides is 2. The molecule has 1 unspecified atom stereocenters. The first-order valence-corrected chi connectivity index (χ1v) is 14.5. The van der Waals surface area contributed by atoms with Crippen molar-refractivity contribution in [3.63, 3.8) is 0 Å². The van der Waals surface area contributed by atoms with E-state index < -0.39 is 29.5 Å². The average molecular weight is 575 g/mol. The summed E-state index contributed by atoms with van der Waals surface area (Å²) in [6.07, 6.45) is 8.81. The number of rotatable bonds is 13. The van der Waals surface area contributed by atoms with Crippen molar-refractivity contribution in [1.29, 1.82) is 0 Å². The Morgan fingerprint density at radius 1 is 1.21 bits per heavy atom. The number of carbonyl (C=O) groups excluding carboxylic acids is 2. The first-order valence-electron chi connectivity index (χ1n) is 14.5. The van der Waals surface area contributed by atoms with Gasteiger partial charge in [-0.05, 0) is 56.4 Å². The fraction of sp³-hybridized carbons (Fsp3) is 0.424. The molecule has 1 aromatic heterocycles. The second-order valence-electron chi connectivity index (χ2n) is 11.4. The summed E-state index contributed by atoms with van der Waals surface area (Å²) in [6, 6.07) is 15.8. The maximum absolute atomic E-state index is 13.9. The molecule has 1 aliphatic rings. The number of benzene rings is 2. The molecule has 1 fully saturated rings. The van der Waals surface area contributed by atoms with Crippen molar-refractivity contribution < 1.29 is 23.8 Å². The van der Waals surface area contributed by atoms with Crippen LogP contribution in [0.4, 0.5) is 0 Å². The molecule has 5 atom stereocenters. The molecular weight excluding hydrogens is 532 g/mol. The van der Waals surface area contributed by atoms with Gasteiger partial charge in [0.1, 0.15) is 12.3 Å². The van der Waals surface area contributed by atoms with E-state index in [0.29, 0.717) is 25.5 Å². The van der Waals surface area contributed by atoms with E-state index in [2.05, 4.69) is 10.3 Å². The summed E-state index contributed by atoms with van der Waals surface area (Å²) in [5.74, 6) is -0.0680. The van der Waals surface area contributed by atoms with Crippen LogP contribution in [-0.4, -0.2) is 64.2 Å². The molecule has 1 aliphatic heterocycles. The molecular formula is C33H42N4O5. The van der Waals surface area contributed by atoms with Crippen molar-refractivity contribution in [2.45, 2.75) is 70.9 Å². The summed E-state index contributed by atoms with van der Waals surface area (Å²) in [7, 11) is 0. The second-order valence-corrected chi connectivity index (χ2v) is 11.4. The van der Waals surface area contributed by atoms with Gasteiger partial charge < -0.3 is 30.2 Å². The molecule has 4 N–H and O–H groups in total. The number of carbonyl (C=O) groups is 2. The smallest absolute Gasteiger partial charge is 0.248 e.